The number of Topliss-reactive ketones (excluding diaryl/α,β-unsaturated/α-hetero) is 1. The number of hydrogen-bond donors (Lipinski definition) is 2. The molecule has 198 valence electrons. The maximum Gasteiger partial charge on any atom is 0.354 e. The number of ether oxygens (including phenoxy) is 2. The average molecular weight is 510 g/mol. The molecule has 0 radical (unpaired) electrons. The molecule has 3 rings (SSSR count). The number of aliphatic hydroxyl groups is 1. The lowest BCUT2D eigenvalue weighted by molar-refractivity contribution is -0.140. The van der Waals surface area contributed by atoms with Gasteiger partial charge in [-0.2, -0.15) is 0 Å². The number of carbonyl (C=O) groups excluding carboxylic acids is 3. The van der Waals surface area contributed by atoms with Crippen molar-refractivity contribution >= 4 is 23.4 Å². The van der Waals surface area contributed by atoms with Crippen molar-refractivity contribution in [2.75, 3.05) is 39.9 Å². The number of carbonyl (C=O) groups is 3. The molecule has 1 aromatic heterocycles. The van der Waals surface area contributed by atoms with Crippen LogP contribution in [0.15, 0.2) is 42.5 Å². The topological polar surface area (TPSA) is 112 Å². The van der Waals surface area contributed by atoms with Gasteiger partial charge in [0.2, 0.25) is 0 Å². The Morgan fingerprint density at radius 3 is 2.41 bits per heavy atom. The van der Waals surface area contributed by atoms with Crippen molar-refractivity contribution in [2.45, 2.75) is 33.7 Å². The maximum atomic E-state index is 13.4. The van der Waals surface area contributed by atoms with Gasteiger partial charge in [0, 0.05) is 24.3 Å². The van der Waals surface area contributed by atoms with E-state index in [9.17, 15) is 19.5 Å². The fraction of sp³-hybridized carbons (Fsp3) is 0.393. The fourth-order valence-electron chi connectivity index (χ4n) is 4.69. The van der Waals surface area contributed by atoms with E-state index in [2.05, 4.69) is 16.5 Å². The normalized spacial score (nSPS) is 16.9. The second-order valence-electron chi connectivity index (χ2n) is 8.80. The zero-order valence-corrected chi connectivity index (χ0v) is 22.1. The van der Waals surface area contributed by atoms with Gasteiger partial charge in [-0.3, -0.25) is 9.59 Å². The number of aromatic nitrogens is 1. The number of likely N-dealkylation sites (N-methyl/N-ethyl adjacent to an activating group) is 1. The largest absolute Gasteiger partial charge is 0.507 e. The second-order valence-corrected chi connectivity index (χ2v) is 8.80. The summed E-state index contributed by atoms with van der Waals surface area (Å²) >= 11 is 0. The smallest absolute Gasteiger partial charge is 0.354 e. The quantitative estimate of drug-likeness (QED) is 0.156. The van der Waals surface area contributed by atoms with Gasteiger partial charge in [0.15, 0.2) is 0 Å². The first-order valence-corrected chi connectivity index (χ1v) is 12.3. The van der Waals surface area contributed by atoms with Crippen molar-refractivity contribution in [1.29, 1.82) is 0 Å². The molecule has 0 aliphatic carbocycles. The molecule has 1 aliphatic rings. The Bertz CT molecular complexity index is 1210. The summed E-state index contributed by atoms with van der Waals surface area (Å²) in [6.45, 7) is 13.9. The monoisotopic (exact) mass is 509 g/mol. The Morgan fingerprint density at radius 1 is 1.19 bits per heavy atom. The zero-order chi connectivity index (χ0) is 27.3. The first kappa shape index (κ1) is 27.7. The first-order valence-electron chi connectivity index (χ1n) is 12.3. The van der Waals surface area contributed by atoms with E-state index < -0.39 is 23.7 Å². The summed E-state index contributed by atoms with van der Waals surface area (Å²) < 4.78 is 10.4. The summed E-state index contributed by atoms with van der Waals surface area (Å²) in [5, 5.41) is 11.5. The van der Waals surface area contributed by atoms with E-state index in [1.807, 2.05) is 13.8 Å². The molecule has 0 saturated carbocycles. The first-order chi connectivity index (χ1) is 17.7. The highest BCUT2D eigenvalue weighted by molar-refractivity contribution is 6.46. The van der Waals surface area contributed by atoms with Crippen LogP contribution in [0.5, 0.6) is 5.75 Å². The number of amides is 1. The number of benzene rings is 1. The van der Waals surface area contributed by atoms with Crippen LogP contribution >= 0.6 is 0 Å². The molecule has 9 nitrogen and oxygen atoms in total. The van der Waals surface area contributed by atoms with E-state index in [4.69, 9.17) is 9.47 Å². The van der Waals surface area contributed by atoms with E-state index in [1.54, 1.807) is 44.2 Å². The third-order valence-corrected chi connectivity index (χ3v) is 6.72. The number of rotatable bonds is 11. The number of hydrogen-bond acceptors (Lipinski definition) is 7. The van der Waals surface area contributed by atoms with Crippen LogP contribution in [0.25, 0.3) is 5.76 Å². The summed E-state index contributed by atoms with van der Waals surface area (Å²) in [7, 11) is 1.27. The predicted octanol–water partition coefficient (Wildman–Crippen LogP) is 3.75. The molecule has 2 heterocycles. The Kier molecular flexibility index (Phi) is 8.94. The molecule has 1 aromatic carbocycles. The molecule has 1 fully saturated rings. The highest BCUT2D eigenvalue weighted by atomic mass is 16.5. The van der Waals surface area contributed by atoms with Gasteiger partial charge >= 0.3 is 5.97 Å². The zero-order valence-electron chi connectivity index (χ0n) is 22.1. The number of nitrogens with zero attached hydrogens (tertiary/aromatic N) is 2. The van der Waals surface area contributed by atoms with Gasteiger partial charge in [-0.25, -0.2) is 4.79 Å². The van der Waals surface area contributed by atoms with Gasteiger partial charge in [0.05, 0.1) is 18.7 Å². The number of H-pyrrole nitrogens is 1. The van der Waals surface area contributed by atoms with Crippen LogP contribution < -0.4 is 4.74 Å². The molecule has 1 amide bonds. The highest BCUT2D eigenvalue weighted by Crippen LogP contribution is 2.41. The molecule has 9 heteroatoms. The lowest BCUT2D eigenvalue weighted by Crippen LogP contribution is -2.38. The number of aliphatic hydroxyl groups excluding tert-OH is 1. The number of nitrogens with one attached hydrogen (secondary N) is 1. The number of methoxy groups -OCH3 is 1. The summed E-state index contributed by atoms with van der Waals surface area (Å²) in [6.07, 6.45) is 1.64. The van der Waals surface area contributed by atoms with Crippen molar-refractivity contribution < 1.29 is 29.0 Å². The van der Waals surface area contributed by atoms with Crippen molar-refractivity contribution in [2.24, 2.45) is 0 Å². The van der Waals surface area contributed by atoms with Crippen LogP contribution in [0, 0.1) is 13.8 Å². The van der Waals surface area contributed by atoms with Crippen LogP contribution in [0.1, 0.15) is 52.8 Å². The molecule has 2 N–H and O–H groups in total. The van der Waals surface area contributed by atoms with Gasteiger partial charge in [0.1, 0.15) is 23.8 Å². The summed E-state index contributed by atoms with van der Waals surface area (Å²) in [5.41, 5.74) is 2.03. The minimum absolute atomic E-state index is 0.0223. The van der Waals surface area contributed by atoms with Gasteiger partial charge in [-0.05, 0) is 50.2 Å². The summed E-state index contributed by atoms with van der Waals surface area (Å²) in [4.78, 5) is 45.4. The molecule has 1 atom stereocenters. The Labute approximate surface area is 217 Å². The van der Waals surface area contributed by atoms with Crippen molar-refractivity contribution in [3.8, 4) is 5.75 Å². The minimum Gasteiger partial charge on any atom is -0.507 e. The molecular weight excluding hydrogens is 474 g/mol. The minimum atomic E-state index is -0.806. The average Bonchev–Trinajstić information content (AvgIpc) is 3.34. The van der Waals surface area contributed by atoms with Gasteiger partial charge < -0.3 is 29.4 Å². The van der Waals surface area contributed by atoms with E-state index in [-0.39, 0.29) is 17.0 Å². The molecule has 0 spiro atoms. The Hall–Kier alpha value is -3.85. The Morgan fingerprint density at radius 2 is 1.84 bits per heavy atom. The van der Waals surface area contributed by atoms with Crippen LogP contribution in [0.2, 0.25) is 0 Å². The van der Waals surface area contributed by atoms with Crippen LogP contribution in [-0.4, -0.2) is 77.4 Å². The van der Waals surface area contributed by atoms with E-state index in [0.717, 1.165) is 13.1 Å². The molecule has 37 heavy (non-hydrogen) atoms. The lowest BCUT2D eigenvalue weighted by atomic mass is 9.94. The van der Waals surface area contributed by atoms with E-state index >= 15 is 0 Å². The number of aromatic amines is 1. The maximum absolute atomic E-state index is 13.4. The molecular formula is C28H35N3O6. The van der Waals surface area contributed by atoms with Crippen molar-refractivity contribution in [3.05, 3.63) is 70.6 Å². The SMILES string of the molecule is C=CCOc1ccc(C2C(=C(O)c3c(C)[nH]c(C(=O)OC)c3C)C(=O)C(=O)N2CCN(CC)CC)cc1. The molecule has 1 unspecified atom stereocenters. The molecule has 1 aliphatic heterocycles. The predicted molar refractivity (Wildman–Crippen MR) is 141 cm³/mol. The summed E-state index contributed by atoms with van der Waals surface area (Å²) in [6, 6.07) is 6.27. The van der Waals surface area contributed by atoms with Gasteiger partial charge in [0.25, 0.3) is 11.7 Å². The number of ketones is 1. The van der Waals surface area contributed by atoms with Gasteiger partial charge in [-0.15, -0.1) is 0 Å². The van der Waals surface area contributed by atoms with Gasteiger partial charge in [-0.1, -0.05) is 38.6 Å². The second kappa shape index (κ2) is 11.9. The molecule has 1 saturated heterocycles. The van der Waals surface area contributed by atoms with E-state index in [0.29, 0.717) is 47.8 Å². The molecule has 2 aromatic rings. The number of esters is 1. The highest BCUT2D eigenvalue weighted by Gasteiger charge is 2.46. The lowest BCUT2D eigenvalue weighted by Gasteiger charge is -2.28. The third kappa shape index (κ3) is 5.46. The Balaban J connectivity index is 2.15. The van der Waals surface area contributed by atoms with Crippen LogP contribution in [0.4, 0.5) is 0 Å². The third-order valence-electron chi connectivity index (χ3n) is 6.72. The van der Waals surface area contributed by atoms with Crippen molar-refractivity contribution in [1.82, 2.24) is 14.8 Å². The van der Waals surface area contributed by atoms with Crippen molar-refractivity contribution in [3.63, 3.8) is 0 Å². The standard InChI is InChI=1S/C28H35N3O6/c1-7-16-37-20-12-10-19(11-13-20)24-22(26(33)27(34)31(24)15-14-30(8-2)9-3)25(32)21-17(4)23(28(35)36-6)29-18(21)5/h7,10-13,24,29,32H,1,8-9,14-16H2,2-6H3. The number of aryl methyl sites for hydroxylation is 1. The fourth-order valence-corrected chi connectivity index (χ4v) is 4.69. The van der Waals surface area contributed by atoms with Crippen LogP contribution in [0.3, 0.4) is 0 Å². The van der Waals surface area contributed by atoms with E-state index in [1.165, 1.54) is 12.0 Å². The van der Waals surface area contributed by atoms with Crippen LogP contribution in [-0.2, 0) is 14.3 Å². The summed E-state index contributed by atoms with van der Waals surface area (Å²) in [5.74, 6) is -1.75. The number of likely N-dealkylation sites (tertiary alicyclic amines) is 1. The molecule has 0 bridgehead atoms.